The zero-order valence-corrected chi connectivity index (χ0v) is 8.52. The van der Waals surface area contributed by atoms with Crippen LogP contribution in [0.25, 0.3) is 10.2 Å². The summed E-state index contributed by atoms with van der Waals surface area (Å²) in [5, 5.41) is 1.89. The second-order valence-electron chi connectivity index (χ2n) is 2.75. The summed E-state index contributed by atoms with van der Waals surface area (Å²) in [5.74, 6) is 0. The first-order chi connectivity index (χ1) is 6.07. The largest absolute Gasteiger partial charge is 0.254 e. The molecule has 0 saturated heterocycles. The Morgan fingerprint density at radius 2 is 2.23 bits per heavy atom. The molecule has 0 atom stereocenters. The predicted molar refractivity (Wildman–Crippen MR) is 52.7 cm³/mol. The van der Waals surface area contributed by atoms with Crippen LogP contribution in [0.1, 0.15) is 0 Å². The average Bonchev–Trinajstić information content (AvgIpc) is 2.47. The van der Waals surface area contributed by atoms with E-state index in [-0.39, 0.29) is 4.90 Å². The normalized spacial score (nSPS) is 12.1. The summed E-state index contributed by atoms with van der Waals surface area (Å²) in [4.78, 5) is 4.32. The van der Waals surface area contributed by atoms with Gasteiger partial charge in [-0.15, -0.1) is 11.3 Å². The molecule has 2 aromatic heterocycles. The molecule has 0 spiro atoms. The second kappa shape index (κ2) is 2.78. The number of hydrogen-bond donors (Lipinski definition) is 0. The summed E-state index contributed by atoms with van der Waals surface area (Å²) < 4.78 is 23.2. The van der Waals surface area contributed by atoms with Gasteiger partial charge < -0.3 is 0 Å². The molecule has 0 amide bonds. The van der Waals surface area contributed by atoms with Gasteiger partial charge in [0.1, 0.15) is 0 Å². The Hall–Kier alpha value is -0.940. The molecule has 2 heterocycles. The Labute approximate surface area is 80.0 Å². The van der Waals surface area contributed by atoms with Crippen molar-refractivity contribution in [3.05, 3.63) is 23.7 Å². The molecule has 0 unspecified atom stereocenters. The molecule has 0 N–H and O–H groups in total. The molecule has 5 heteroatoms. The molecule has 0 aliphatic carbocycles. The number of nitrogens with zero attached hydrogens (tertiary/aromatic N) is 1. The van der Waals surface area contributed by atoms with E-state index in [1.165, 1.54) is 23.8 Å². The topological polar surface area (TPSA) is 47.0 Å². The fraction of sp³-hybridized carbons (Fsp3) is 0.125. The van der Waals surface area contributed by atoms with Crippen LogP contribution in [0.2, 0.25) is 0 Å². The van der Waals surface area contributed by atoms with Gasteiger partial charge in [-0.05, 0) is 17.5 Å². The van der Waals surface area contributed by atoms with Crippen LogP contribution in [0.4, 0.5) is 0 Å². The van der Waals surface area contributed by atoms with Gasteiger partial charge in [0.05, 0.1) is 15.1 Å². The minimum Gasteiger partial charge on any atom is -0.254 e. The lowest BCUT2D eigenvalue weighted by Gasteiger charge is -1.96. The smallest absolute Gasteiger partial charge is 0.177 e. The first kappa shape index (κ1) is 8.65. The lowest BCUT2D eigenvalue weighted by atomic mass is 10.4. The van der Waals surface area contributed by atoms with Gasteiger partial charge in [-0.1, -0.05) is 0 Å². The number of sulfone groups is 1. The molecule has 3 nitrogen and oxygen atoms in total. The number of thiophene rings is 1. The Kier molecular flexibility index (Phi) is 1.85. The molecule has 0 radical (unpaired) electrons. The predicted octanol–water partition coefficient (Wildman–Crippen LogP) is 1.70. The molecule has 13 heavy (non-hydrogen) atoms. The quantitative estimate of drug-likeness (QED) is 0.724. The van der Waals surface area contributed by atoms with Crippen molar-refractivity contribution in [1.82, 2.24) is 4.98 Å². The Morgan fingerprint density at radius 1 is 1.46 bits per heavy atom. The maximum absolute atomic E-state index is 11.2. The van der Waals surface area contributed by atoms with Crippen LogP contribution in [-0.2, 0) is 9.84 Å². The van der Waals surface area contributed by atoms with E-state index < -0.39 is 9.84 Å². The zero-order chi connectivity index (χ0) is 9.47. The van der Waals surface area contributed by atoms with Gasteiger partial charge in [0.15, 0.2) is 9.84 Å². The van der Waals surface area contributed by atoms with E-state index in [4.69, 9.17) is 0 Å². The molecule has 2 aromatic rings. The highest BCUT2D eigenvalue weighted by atomic mass is 32.2. The molecule has 0 aromatic carbocycles. The fourth-order valence-electron chi connectivity index (χ4n) is 1.03. The van der Waals surface area contributed by atoms with Crippen LogP contribution >= 0.6 is 11.3 Å². The van der Waals surface area contributed by atoms with Gasteiger partial charge in [0, 0.05) is 12.5 Å². The number of hydrogen-bond acceptors (Lipinski definition) is 4. The van der Waals surface area contributed by atoms with Gasteiger partial charge in [0.2, 0.25) is 0 Å². The van der Waals surface area contributed by atoms with Crippen molar-refractivity contribution in [2.45, 2.75) is 4.90 Å². The fourth-order valence-corrected chi connectivity index (χ4v) is 2.46. The van der Waals surface area contributed by atoms with Gasteiger partial charge in [0.25, 0.3) is 0 Å². The number of pyridine rings is 1. The van der Waals surface area contributed by atoms with E-state index in [2.05, 4.69) is 4.98 Å². The Bertz CT molecular complexity index is 542. The first-order valence-electron chi connectivity index (χ1n) is 3.61. The van der Waals surface area contributed by atoms with Gasteiger partial charge in [-0.25, -0.2) is 8.42 Å². The second-order valence-corrected chi connectivity index (χ2v) is 5.71. The lowest BCUT2D eigenvalue weighted by Crippen LogP contribution is -1.96. The van der Waals surface area contributed by atoms with E-state index in [0.717, 1.165) is 10.2 Å². The summed E-state index contributed by atoms with van der Waals surface area (Å²) in [6.07, 6.45) is 2.58. The molecule has 0 aliphatic rings. The van der Waals surface area contributed by atoms with Crippen LogP contribution in [-0.4, -0.2) is 19.7 Å². The summed E-state index contributed by atoms with van der Waals surface area (Å²) in [6.45, 7) is 0. The van der Waals surface area contributed by atoms with Crippen molar-refractivity contribution in [3.8, 4) is 0 Å². The van der Waals surface area contributed by atoms with Crippen LogP contribution in [0, 0.1) is 0 Å². The van der Waals surface area contributed by atoms with Crippen molar-refractivity contribution in [2.24, 2.45) is 0 Å². The molecule has 0 saturated carbocycles. The maximum Gasteiger partial charge on any atom is 0.177 e. The van der Waals surface area contributed by atoms with Crippen LogP contribution in [0.3, 0.4) is 0 Å². The van der Waals surface area contributed by atoms with Gasteiger partial charge in [-0.3, -0.25) is 4.98 Å². The summed E-state index contributed by atoms with van der Waals surface area (Å²) in [5.41, 5.74) is 0.845. The van der Waals surface area contributed by atoms with Gasteiger partial charge in [-0.2, -0.15) is 0 Å². The Balaban J connectivity index is 2.75. The minimum absolute atomic E-state index is 0.280. The van der Waals surface area contributed by atoms with E-state index in [1.54, 1.807) is 6.07 Å². The third kappa shape index (κ3) is 1.57. The SMILES string of the molecule is CS(=O)(=O)c1cnc2ccsc2c1. The van der Waals surface area contributed by atoms with Crippen LogP contribution in [0.5, 0.6) is 0 Å². The third-order valence-electron chi connectivity index (χ3n) is 1.71. The highest BCUT2D eigenvalue weighted by Crippen LogP contribution is 2.21. The summed E-state index contributed by atoms with van der Waals surface area (Å²) in [6, 6.07) is 3.52. The first-order valence-corrected chi connectivity index (χ1v) is 6.38. The number of aromatic nitrogens is 1. The lowest BCUT2D eigenvalue weighted by molar-refractivity contribution is 0.601. The number of rotatable bonds is 1. The number of fused-ring (bicyclic) bond motifs is 1. The molecule has 0 bridgehead atoms. The maximum atomic E-state index is 11.2. The standard InChI is InChI=1S/C8H7NO2S2/c1-13(10,11)6-4-8-7(9-5-6)2-3-12-8/h2-5H,1H3. The van der Waals surface area contributed by atoms with E-state index >= 15 is 0 Å². The highest BCUT2D eigenvalue weighted by molar-refractivity contribution is 7.90. The molecule has 2 rings (SSSR count). The summed E-state index contributed by atoms with van der Waals surface area (Å²) in [7, 11) is -3.13. The van der Waals surface area contributed by atoms with Crippen LogP contribution < -0.4 is 0 Å². The van der Waals surface area contributed by atoms with E-state index in [0.29, 0.717) is 0 Å². The highest BCUT2D eigenvalue weighted by Gasteiger charge is 2.08. The van der Waals surface area contributed by atoms with Crippen molar-refractivity contribution >= 4 is 31.4 Å². The van der Waals surface area contributed by atoms with Crippen molar-refractivity contribution in [1.29, 1.82) is 0 Å². The minimum atomic E-state index is -3.13. The van der Waals surface area contributed by atoms with E-state index in [1.807, 2.05) is 11.4 Å². The zero-order valence-electron chi connectivity index (χ0n) is 6.89. The molecular formula is C8H7NO2S2. The average molecular weight is 213 g/mol. The van der Waals surface area contributed by atoms with Crippen molar-refractivity contribution in [3.63, 3.8) is 0 Å². The van der Waals surface area contributed by atoms with E-state index in [9.17, 15) is 8.42 Å². The summed E-state index contributed by atoms with van der Waals surface area (Å²) >= 11 is 1.49. The monoisotopic (exact) mass is 213 g/mol. The molecular weight excluding hydrogens is 206 g/mol. The molecule has 68 valence electrons. The van der Waals surface area contributed by atoms with Crippen molar-refractivity contribution < 1.29 is 8.42 Å². The van der Waals surface area contributed by atoms with Gasteiger partial charge >= 0.3 is 0 Å². The molecule has 0 fully saturated rings. The van der Waals surface area contributed by atoms with Crippen molar-refractivity contribution in [2.75, 3.05) is 6.26 Å². The van der Waals surface area contributed by atoms with Crippen LogP contribution in [0.15, 0.2) is 28.6 Å². The molecule has 0 aliphatic heterocycles. The Morgan fingerprint density at radius 3 is 2.92 bits per heavy atom. The third-order valence-corrected chi connectivity index (χ3v) is 3.64.